The Morgan fingerprint density at radius 3 is 2.72 bits per heavy atom. The third kappa shape index (κ3) is 3.06. The van der Waals surface area contributed by atoms with Crippen LogP contribution in [0.1, 0.15) is 5.56 Å². The maximum Gasteiger partial charge on any atom is 0.231 e. The summed E-state index contributed by atoms with van der Waals surface area (Å²) in [5, 5.41) is 6.50. The summed E-state index contributed by atoms with van der Waals surface area (Å²) >= 11 is 1.47. The fourth-order valence-electron chi connectivity index (χ4n) is 2.50. The lowest BCUT2D eigenvalue weighted by Gasteiger charge is -2.03. The summed E-state index contributed by atoms with van der Waals surface area (Å²) in [5.74, 6) is 1.17. The van der Waals surface area contributed by atoms with E-state index in [1.807, 2.05) is 23.6 Å². The zero-order valence-corrected chi connectivity index (χ0v) is 14.2. The number of halogens is 1. The lowest BCUT2D eigenvalue weighted by molar-refractivity contribution is 0.174. The zero-order valence-electron chi connectivity index (χ0n) is 13.3. The normalized spacial score (nSPS) is 13.8. The van der Waals surface area contributed by atoms with E-state index < -0.39 is 0 Å². The summed E-state index contributed by atoms with van der Waals surface area (Å²) < 4.78 is 25.6. The Bertz CT molecular complexity index is 1010. The van der Waals surface area contributed by atoms with E-state index in [1.165, 1.54) is 23.5 Å². The van der Waals surface area contributed by atoms with E-state index in [4.69, 9.17) is 9.47 Å². The van der Waals surface area contributed by atoms with Crippen molar-refractivity contribution < 1.29 is 13.9 Å². The van der Waals surface area contributed by atoms with E-state index in [9.17, 15) is 4.39 Å². The van der Waals surface area contributed by atoms with Crippen molar-refractivity contribution in [2.75, 3.05) is 13.8 Å². The molecule has 0 unspecified atom stereocenters. The van der Waals surface area contributed by atoms with E-state index in [1.54, 1.807) is 30.1 Å². The van der Waals surface area contributed by atoms with E-state index in [-0.39, 0.29) is 12.6 Å². The second-order valence-electron chi connectivity index (χ2n) is 5.30. The minimum atomic E-state index is -0.269. The Morgan fingerprint density at radius 2 is 1.92 bits per heavy atom. The van der Waals surface area contributed by atoms with Gasteiger partial charge in [-0.3, -0.25) is 4.99 Å². The number of nitrogens with zero attached hydrogens (tertiary/aromatic N) is 3. The van der Waals surface area contributed by atoms with Crippen molar-refractivity contribution in [3.63, 3.8) is 0 Å². The highest BCUT2D eigenvalue weighted by atomic mass is 32.1. The second-order valence-corrected chi connectivity index (χ2v) is 6.14. The number of thiazole rings is 1. The summed E-state index contributed by atoms with van der Waals surface area (Å²) in [7, 11) is 1.72. The smallest absolute Gasteiger partial charge is 0.231 e. The van der Waals surface area contributed by atoms with E-state index in [0.29, 0.717) is 5.75 Å². The molecule has 0 fully saturated rings. The topological polar surface area (TPSA) is 48.1 Å². The molecule has 25 heavy (non-hydrogen) atoms. The number of benzene rings is 2. The highest BCUT2D eigenvalue weighted by Gasteiger charge is 2.13. The Labute approximate surface area is 147 Å². The minimum absolute atomic E-state index is 0.239. The van der Waals surface area contributed by atoms with Gasteiger partial charge in [0.05, 0.1) is 11.9 Å². The molecule has 1 aliphatic rings. The van der Waals surface area contributed by atoms with Crippen LogP contribution in [0, 0.1) is 5.82 Å². The lowest BCUT2D eigenvalue weighted by atomic mass is 10.2. The third-order valence-corrected chi connectivity index (χ3v) is 4.64. The van der Waals surface area contributed by atoms with Crippen molar-refractivity contribution in [2.24, 2.45) is 10.1 Å². The third-order valence-electron chi connectivity index (χ3n) is 3.74. The highest BCUT2D eigenvalue weighted by Crippen LogP contribution is 2.32. The number of ether oxygens (including phenoxy) is 2. The number of hydrogen-bond acceptors (Lipinski definition) is 5. The van der Waals surface area contributed by atoms with Crippen LogP contribution in [0.2, 0.25) is 0 Å². The highest BCUT2D eigenvalue weighted by molar-refractivity contribution is 7.07. The predicted molar refractivity (Wildman–Crippen MR) is 94.7 cm³/mol. The SMILES string of the molecule is CN=c1scc(-c2ccc(F)cc2)n1N=Cc1ccc2c(c1)OCO2. The van der Waals surface area contributed by atoms with Crippen LogP contribution < -0.4 is 14.3 Å². The maximum absolute atomic E-state index is 13.2. The van der Waals surface area contributed by atoms with Crippen molar-refractivity contribution >= 4 is 17.6 Å². The van der Waals surface area contributed by atoms with Crippen molar-refractivity contribution in [2.45, 2.75) is 0 Å². The summed E-state index contributed by atoms with van der Waals surface area (Å²) in [5.41, 5.74) is 2.60. The van der Waals surface area contributed by atoms with Crippen LogP contribution >= 0.6 is 11.3 Å². The Morgan fingerprint density at radius 1 is 1.12 bits per heavy atom. The molecule has 0 bridgehead atoms. The van der Waals surface area contributed by atoms with Gasteiger partial charge in [-0.25, -0.2) is 9.07 Å². The first kappa shape index (κ1) is 15.6. The molecule has 0 saturated carbocycles. The second kappa shape index (κ2) is 6.52. The molecule has 0 spiro atoms. The first-order valence-corrected chi connectivity index (χ1v) is 8.46. The average molecular weight is 355 g/mol. The zero-order chi connectivity index (χ0) is 17.2. The number of fused-ring (bicyclic) bond motifs is 1. The molecule has 0 amide bonds. The number of aromatic nitrogens is 1. The molecule has 4 rings (SSSR count). The Balaban J connectivity index is 1.72. The average Bonchev–Trinajstić information content (AvgIpc) is 3.26. The van der Waals surface area contributed by atoms with Crippen LogP contribution in [0.5, 0.6) is 11.5 Å². The van der Waals surface area contributed by atoms with Gasteiger partial charge in [0, 0.05) is 18.0 Å². The fraction of sp³-hybridized carbons (Fsp3) is 0.111. The van der Waals surface area contributed by atoms with Crippen LogP contribution in [0.25, 0.3) is 11.3 Å². The first-order chi connectivity index (χ1) is 12.2. The molecule has 1 aromatic heterocycles. The van der Waals surface area contributed by atoms with Gasteiger partial charge < -0.3 is 9.47 Å². The summed E-state index contributed by atoms with van der Waals surface area (Å²) in [6.45, 7) is 0.239. The molecular formula is C18H14FN3O2S. The van der Waals surface area contributed by atoms with Gasteiger partial charge in [0.2, 0.25) is 11.6 Å². The van der Waals surface area contributed by atoms with Gasteiger partial charge in [0.1, 0.15) is 5.82 Å². The molecule has 1 aliphatic heterocycles. The summed E-state index contributed by atoms with van der Waals surface area (Å²) in [6.07, 6.45) is 1.73. The van der Waals surface area contributed by atoms with Crippen LogP contribution in [0.3, 0.4) is 0 Å². The summed E-state index contributed by atoms with van der Waals surface area (Å²) in [6, 6.07) is 12.0. The number of rotatable bonds is 3. The van der Waals surface area contributed by atoms with Crippen LogP contribution in [-0.4, -0.2) is 24.7 Å². The first-order valence-electron chi connectivity index (χ1n) is 7.58. The monoisotopic (exact) mass is 355 g/mol. The Kier molecular flexibility index (Phi) is 4.07. The van der Waals surface area contributed by atoms with Gasteiger partial charge in [0.15, 0.2) is 11.5 Å². The van der Waals surface area contributed by atoms with Crippen molar-refractivity contribution in [3.8, 4) is 22.8 Å². The lowest BCUT2D eigenvalue weighted by Crippen LogP contribution is -2.11. The van der Waals surface area contributed by atoms with Gasteiger partial charge in [-0.05, 0) is 48.0 Å². The van der Waals surface area contributed by atoms with Gasteiger partial charge in [-0.15, -0.1) is 11.3 Å². The van der Waals surface area contributed by atoms with Gasteiger partial charge in [-0.2, -0.15) is 5.10 Å². The number of hydrogen-bond donors (Lipinski definition) is 0. The predicted octanol–water partition coefficient (Wildman–Crippen LogP) is 3.50. The molecule has 2 aromatic carbocycles. The van der Waals surface area contributed by atoms with Crippen molar-refractivity contribution in [1.82, 2.24) is 4.68 Å². The largest absolute Gasteiger partial charge is 0.454 e. The molecule has 0 radical (unpaired) electrons. The van der Waals surface area contributed by atoms with Crippen LogP contribution in [0.15, 0.2) is 57.9 Å². The van der Waals surface area contributed by atoms with Crippen molar-refractivity contribution in [3.05, 3.63) is 64.0 Å². The summed E-state index contributed by atoms with van der Waals surface area (Å²) in [4.78, 5) is 5.00. The molecule has 2 heterocycles. The molecule has 0 N–H and O–H groups in total. The van der Waals surface area contributed by atoms with E-state index >= 15 is 0 Å². The molecule has 7 heteroatoms. The molecule has 3 aromatic rings. The fourth-order valence-corrected chi connectivity index (χ4v) is 3.30. The van der Waals surface area contributed by atoms with Crippen LogP contribution in [-0.2, 0) is 0 Å². The molecule has 0 saturated heterocycles. The van der Waals surface area contributed by atoms with Crippen LogP contribution in [0.4, 0.5) is 4.39 Å². The molecular weight excluding hydrogens is 341 g/mol. The standard InChI is InChI=1S/C18H14FN3O2S/c1-20-18-22(15(10-25-18)13-3-5-14(19)6-4-13)21-9-12-2-7-16-17(8-12)24-11-23-16/h2-10H,11H2,1H3. The molecule has 5 nitrogen and oxygen atoms in total. The molecule has 126 valence electrons. The Hall–Kier alpha value is -2.93. The van der Waals surface area contributed by atoms with E-state index in [0.717, 1.165) is 27.4 Å². The molecule has 0 atom stereocenters. The minimum Gasteiger partial charge on any atom is -0.454 e. The molecule has 0 aliphatic carbocycles. The van der Waals surface area contributed by atoms with Gasteiger partial charge in [0.25, 0.3) is 0 Å². The van der Waals surface area contributed by atoms with Crippen molar-refractivity contribution in [1.29, 1.82) is 0 Å². The van der Waals surface area contributed by atoms with Gasteiger partial charge in [-0.1, -0.05) is 0 Å². The quantitative estimate of drug-likeness (QED) is 0.675. The van der Waals surface area contributed by atoms with E-state index in [2.05, 4.69) is 10.1 Å². The van der Waals surface area contributed by atoms with Gasteiger partial charge >= 0.3 is 0 Å². The maximum atomic E-state index is 13.2.